The van der Waals surface area contributed by atoms with Crippen LogP contribution in [0.3, 0.4) is 0 Å². The fourth-order valence-electron chi connectivity index (χ4n) is 9.94. The topological polar surface area (TPSA) is 38.9 Å². The Balaban J connectivity index is 1.09. The highest BCUT2D eigenvalue weighted by Gasteiger charge is 2.46. The summed E-state index contributed by atoms with van der Waals surface area (Å²) in [5, 5.41) is 2.16. The van der Waals surface area contributed by atoms with E-state index >= 15 is 0 Å². The van der Waals surface area contributed by atoms with Crippen molar-refractivity contribution in [1.29, 1.82) is 0 Å². The van der Waals surface area contributed by atoms with Crippen molar-refractivity contribution in [2.24, 2.45) is 0 Å². The van der Waals surface area contributed by atoms with E-state index in [9.17, 15) is 0 Å². The van der Waals surface area contributed by atoms with E-state index in [1.807, 2.05) is 30.3 Å². The molecule has 0 saturated heterocycles. The molecule has 10 aromatic rings. The highest BCUT2D eigenvalue weighted by Crippen LogP contribution is 2.57. The molecule has 0 fully saturated rings. The molecular weight excluding hydrogens is 777 g/mol. The zero-order valence-electron chi connectivity index (χ0n) is 37.3. The van der Waals surface area contributed by atoms with Crippen LogP contribution in [0, 0.1) is 0 Å². The number of fused-ring (bicyclic) bond motifs is 6. The van der Waals surface area contributed by atoms with Gasteiger partial charge in [-0.25, -0.2) is 9.97 Å². The van der Waals surface area contributed by atoms with Crippen LogP contribution < -0.4 is 0 Å². The van der Waals surface area contributed by atoms with Crippen molar-refractivity contribution in [2.75, 3.05) is 0 Å². The second kappa shape index (κ2) is 14.9. The van der Waals surface area contributed by atoms with Crippen molar-refractivity contribution < 1.29 is 4.42 Å². The van der Waals surface area contributed by atoms with Crippen molar-refractivity contribution in [1.82, 2.24) is 9.97 Å². The zero-order valence-corrected chi connectivity index (χ0v) is 37.3. The molecule has 0 amide bonds. The van der Waals surface area contributed by atoms with Gasteiger partial charge in [0.2, 0.25) is 0 Å². The van der Waals surface area contributed by atoms with Crippen LogP contribution in [0.1, 0.15) is 74.9 Å². The van der Waals surface area contributed by atoms with Crippen LogP contribution in [-0.4, -0.2) is 9.97 Å². The average Bonchev–Trinajstić information content (AvgIpc) is 3.85. The smallest absolute Gasteiger partial charge is 0.160 e. The number of para-hydroxylation sites is 2. The Morgan fingerprint density at radius 3 is 1.66 bits per heavy atom. The van der Waals surface area contributed by atoms with Gasteiger partial charge < -0.3 is 4.42 Å². The second-order valence-corrected chi connectivity index (χ2v) is 19.4. The fraction of sp³-hybridized carbons (Fsp3) is 0.148. The van der Waals surface area contributed by atoms with Crippen molar-refractivity contribution in [3.63, 3.8) is 0 Å². The summed E-state index contributed by atoms with van der Waals surface area (Å²) in [6.45, 7) is 13.7. The summed E-state index contributed by atoms with van der Waals surface area (Å²) in [5.41, 5.74) is 18.4. The number of rotatable bonds is 6. The third kappa shape index (κ3) is 6.49. The summed E-state index contributed by atoms with van der Waals surface area (Å²) >= 11 is 0. The zero-order chi connectivity index (χ0) is 43.8. The van der Waals surface area contributed by atoms with Gasteiger partial charge in [0.1, 0.15) is 11.2 Å². The molecule has 0 N–H and O–H groups in total. The average molecular weight is 827 g/mol. The van der Waals surface area contributed by atoms with Gasteiger partial charge in [-0.1, -0.05) is 205 Å². The number of furan rings is 1. The molecule has 11 rings (SSSR count). The minimum atomic E-state index is -0.532. The van der Waals surface area contributed by atoms with E-state index in [-0.39, 0.29) is 10.8 Å². The number of benzene rings is 8. The Morgan fingerprint density at radius 2 is 0.938 bits per heavy atom. The van der Waals surface area contributed by atoms with Gasteiger partial charge in [0.25, 0.3) is 0 Å². The normalized spacial score (nSPS) is 13.3. The van der Waals surface area contributed by atoms with E-state index in [0.717, 1.165) is 61.1 Å². The quantitative estimate of drug-likeness (QED) is 0.168. The fourth-order valence-corrected chi connectivity index (χ4v) is 9.94. The van der Waals surface area contributed by atoms with Crippen LogP contribution in [0.5, 0.6) is 0 Å². The predicted molar refractivity (Wildman–Crippen MR) is 266 cm³/mol. The minimum absolute atomic E-state index is 0.0385. The molecule has 2 aromatic heterocycles. The molecule has 3 nitrogen and oxygen atoms in total. The summed E-state index contributed by atoms with van der Waals surface area (Å²) < 4.78 is 6.53. The van der Waals surface area contributed by atoms with Gasteiger partial charge in [0.05, 0.1) is 16.8 Å². The minimum Gasteiger partial charge on any atom is -0.455 e. The van der Waals surface area contributed by atoms with Gasteiger partial charge in [-0.3, -0.25) is 0 Å². The molecule has 2 heterocycles. The van der Waals surface area contributed by atoms with Gasteiger partial charge in [0, 0.05) is 27.5 Å². The van der Waals surface area contributed by atoms with Crippen molar-refractivity contribution in [3.05, 3.63) is 228 Å². The van der Waals surface area contributed by atoms with Crippen LogP contribution in [0.25, 0.3) is 78.1 Å². The molecule has 1 aliphatic rings. The highest BCUT2D eigenvalue weighted by molar-refractivity contribution is 6.09. The second-order valence-electron chi connectivity index (χ2n) is 19.4. The summed E-state index contributed by atoms with van der Waals surface area (Å²) in [5.74, 6) is 0.668. The molecule has 1 aliphatic carbocycles. The van der Waals surface area contributed by atoms with E-state index < -0.39 is 5.41 Å². The molecule has 64 heavy (non-hydrogen) atoms. The first-order valence-corrected chi connectivity index (χ1v) is 22.4. The van der Waals surface area contributed by atoms with Crippen LogP contribution in [-0.2, 0) is 16.2 Å². The summed E-state index contributed by atoms with van der Waals surface area (Å²) in [7, 11) is 0. The third-order valence-corrected chi connectivity index (χ3v) is 13.3. The van der Waals surface area contributed by atoms with Crippen molar-refractivity contribution in [3.8, 4) is 56.2 Å². The molecule has 8 aromatic carbocycles. The van der Waals surface area contributed by atoms with Gasteiger partial charge in [0.15, 0.2) is 5.82 Å². The number of aromatic nitrogens is 2. The first-order valence-electron chi connectivity index (χ1n) is 22.4. The Bertz CT molecular complexity index is 3320. The van der Waals surface area contributed by atoms with Gasteiger partial charge in [-0.2, -0.15) is 0 Å². The Morgan fingerprint density at radius 1 is 0.391 bits per heavy atom. The standard InChI is InChI=1S/C61H50N2O/c1-59(2,3)43-27-31-45(32-28-43)61(46-33-29-44(30-34-46)60(4,5)6)52-24-12-10-20-47(52)48-35-26-41(37-53(48)61)40-18-14-19-42(36-40)54-38-55(63-58(62-54)39-16-8-7-9-17-39)51-23-15-22-50-49-21-11-13-25-56(49)64-57(50)51/h7-38H,1-6H3. The first-order chi connectivity index (χ1) is 31.0. The molecule has 0 atom stereocenters. The maximum absolute atomic E-state index is 6.53. The van der Waals surface area contributed by atoms with E-state index in [2.05, 4.69) is 205 Å². The molecule has 310 valence electrons. The lowest BCUT2D eigenvalue weighted by atomic mass is 9.66. The predicted octanol–water partition coefficient (Wildman–Crippen LogP) is 16.0. The molecule has 0 saturated carbocycles. The first kappa shape index (κ1) is 39.5. The van der Waals surface area contributed by atoms with Crippen molar-refractivity contribution >= 4 is 21.9 Å². The molecule has 0 radical (unpaired) electrons. The Labute approximate surface area is 376 Å². The SMILES string of the molecule is CC(C)(C)c1ccc(C2(c3ccc(C(C)(C)C)cc3)c3ccccc3-c3ccc(-c4cccc(-c5cc(-c6cccc7c6oc6ccccc67)nc(-c6ccccc6)n5)c4)cc32)cc1. The Kier molecular flexibility index (Phi) is 9.18. The van der Waals surface area contributed by atoms with Crippen LogP contribution in [0.15, 0.2) is 199 Å². The maximum Gasteiger partial charge on any atom is 0.160 e. The molecule has 3 heteroatoms. The van der Waals surface area contributed by atoms with Crippen LogP contribution in [0.2, 0.25) is 0 Å². The van der Waals surface area contributed by atoms with Gasteiger partial charge in [-0.05, 0) is 96.8 Å². The van der Waals surface area contributed by atoms with E-state index in [4.69, 9.17) is 14.4 Å². The summed E-state index contributed by atoms with van der Waals surface area (Å²) in [4.78, 5) is 10.5. The molecular formula is C61H50N2O. The van der Waals surface area contributed by atoms with Gasteiger partial charge in [-0.15, -0.1) is 0 Å². The summed E-state index contributed by atoms with van der Waals surface area (Å²) in [6.07, 6.45) is 0. The lowest BCUT2D eigenvalue weighted by Crippen LogP contribution is -2.29. The summed E-state index contributed by atoms with van der Waals surface area (Å²) in [6, 6.07) is 70.7. The van der Waals surface area contributed by atoms with E-state index in [1.54, 1.807) is 0 Å². The van der Waals surface area contributed by atoms with E-state index in [0.29, 0.717) is 5.82 Å². The number of hydrogen-bond donors (Lipinski definition) is 0. The van der Waals surface area contributed by atoms with E-state index in [1.165, 1.54) is 44.5 Å². The highest BCUT2D eigenvalue weighted by atomic mass is 16.3. The molecule has 0 bridgehead atoms. The van der Waals surface area contributed by atoms with Crippen LogP contribution in [0.4, 0.5) is 0 Å². The van der Waals surface area contributed by atoms with Gasteiger partial charge >= 0.3 is 0 Å². The largest absolute Gasteiger partial charge is 0.455 e. The maximum atomic E-state index is 6.53. The van der Waals surface area contributed by atoms with Crippen LogP contribution >= 0.6 is 0 Å². The molecule has 0 aliphatic heterocycles. The number of hydrogen-bond acceptors (Lipinski definition) is 3. The molecule has 0 unspecified atom stereocenters. The van der Waals surface area contributed by atoms with Crippen molar-refractivity contribution in [2.45, 2.75) is 57.8 Å². The number of nitrogens with zero attached hydrogens (tertiary/aromatic N) is 2. The Hall–Kier alpha value is -7.36. The molecule has 0 spiro atoms. The lowest BCUT2D eigenvalue weighted by molar-refractivity contribution is 0.588. The lowest BCUT2D eigenvalue weighted by Gasteiger charge is -2.35. The monoisotopic (exact) mass is 826 g/mol. The third-order valence-electron chi connectivity index (χ3n) is 13.3.